The van der Waals surface area contributed by atoms with Gasteiger partial charge in [-0.05, 0) is 46.5 Å². The van der Waals surface area contributed by atoms with Gasteiger partial charge in [-0.15, -0.1) is 0 Å². The van der Waals surface area contributed by atoms with E-state index in [9.17, 15) is 9.59 Å². The molecule has 0 aromatic heterocycles. The third kappa shape index (κ3) is 15.4. The predicted octanol–water partition coefficient (Wildman–Crippen LogP) is 4.04. The number of rotatable bonds is 13. The highest BCUT2D eigenvalue weighted by Crippen LogP contribution is 2.04. The first-order valence-electron chi connectivity index (χ1n) is 9.07. The van der Waals surface area contributed by atoms with Gasteiger partial charge in [0, 0.05) is 12.2 Å². The molecule has 0 aliphatic rings. The number of esters is 2. The van der Waals surface area contributed by atoms with Crippen LogP contribution in [0.3, 0.4) is 0 Å². The number of ether oxygens (including phenoxy) is 2. The second-order valence-corrected chi connectivity index (χ2v) is 6.09. The Morgan fingerprint density at radius 3 is 2.31 bits per heavy atom. The maximum Gasteiger partial charge on any atom is 0.331 e. The highest BCUT2D eigenvalue weighted by molar-refractivity contribution is 5.83. The number of carbonyl (C=O) groups excluding carboxylic acids is 2. The molecule has 1 atom stereocenters. The number of allylic oxidation sites excluding steroid dienone is 6. The molecule has 0 aromatic rings. The first kappa shape index (κ1) is 23.9. The summed E-state index contributed by atoms with van der Waals surface area (Å²) in [7, 11) is 0. The summed E-state index contributed by atoms with van der Waals surface area (Å²) >= 11 is 0. The van der Waals surface area contributed by atoms with E-state index >= 15 is 0 Å². The summed E-state index contributed by atoms with van der Waals surface area (Å²) in [6.07, 6.45) is 17.0. The molecule has 0 aromatic carbocycles. The molecule has 0 saturated heterocycles. The van der Waals surface area contributed by atoms with E-state index in [4.69, 9.17) is 14.6 Å². The van der Waals surface area contributed by atoms with Crippen LogP contribution in [-0.2, 0) is 19.1 Å². The summed E-state index contributed by atoms with van der Waals surface area (Å²) in [4.78, 5) is 23.0. The van der Waals surface area contributed by atoms with Crippen LogP contribution in [0.2, 0.25) is 0 Å². The fourth-order valence-corrected chi connectivity index (χ4v) is 1.96. The third-order valence-electron chi connectivity index (χ3n) is 3.26. The molecular weight excluding hydrogens is 332 g/mol. The zero-order valence-corrected chi connectivity index (χ0v) is 16.1. The molecule has 0 saturated carbocycles. The molecule has 26 heavy (non-hydrogen) atoms. The maximum atomic E-state index is 11.6. The largest absolute Gasteiger partial charge is 0.458 e. The Bertz CT molecular complexity index is 510. The van der Waals surface area contributed by atoms with Crippen molar-refractivity contribution in [2.75, 3.05) is 13.2 Å². The summed E-state index contributed by atoms with van der Waals surface area (Å²) in [5, 5.41) is 9.16. The SMILES string of the molecule is C/C=C/CCCCC/C=C/C=C\C(=O)OCC(CO)OC(=O)C=C(C)C. The molecule has 0 amide bonds. The Morgan fingerprint density at radius 2 is 1.69 bits per heavy atom. The van der Waals surface area contributed by atoms with Gasteiger partial charge in [0.25, 0.3) is 0 Å². The van der Waals surface area contributed by atoms with E-state index in [0.29, 0.717) is 0 Å². The van der Waals surface area contributed by atoms with Crippen molar-refractivity contribution in [3.63, 3.8) is 0 Å². The fourth-order valence-electron chi connectivity index (χ4n) is 1.96. The van der Waals surface area contributed by atoms with Crippen LogP contribution < -0.4 is 0 Å². The monoisotopic (exact) mass is 364 g/mol. The lowest BCUT2D eigenvalue weighted by Gasteiger charge is -2.14. The van der Waals surface area contributed by atoms with Crippen molar-refractivity contribution >= 4 is 11.9 Å². The van der Waals surface area contributed by atoms with E-state index in [1.165, 1.54) is 25.0 Å². The van der Waals surface area contributed by atoms with Crippen molar-refractivity contribution in [3.05, 3.63) is 48.1 Å². The Hall–Kier alpha value is -2.14. The van der Waals surface area contributed by atoms with Gasteiger partial charge in [0.15, 0.2) is 6.10 Å². The van der Waals surface area contributed by atoms with Gasteiger partial charge in [0.05, 0.1) is 6.61 Å². The average molecular weight is 364 g/mol. The van der Waals surface area contributed by atoms with Gasteiger partial charge in [0.2, 0.25) is 0 Å². The van der Waals surface area contributed by atoms with Gasteiger partial charge in [0.1, 0.15) is 6.61 Å². The zero-order chi connectivity index (χ0) is 19.6. The molecule has 0 bridgehead atoms. The molecule has 5 nitrogen and oxygen atoms in total. The molecule has 1 N–H and O–H groups in total. The van der Waals surface area contributed by atoms with Crippen molar-refractivity contribution in [2.24, 2.45) is 0 Å². The molecule has 146 valence electrons. The first-order chi connectivity index (χ1) is 12.5. The van der Waals surface area contributed by atoms with E-state index in [2.05, 4.69) is 12.2 Å². The molecule has 1 unspecified atom stereocenters. The molecule has 0 spiro atoms. The number of hydrogen-bond acceptors (Lipinski definition) is 5. The number of carbonyl (C=O) groups is 2. The highest BCUT2D eigenvalue weighted by Gasteiger charge is 2.13. The van der Waals surface area contributed by atoms with E-state index in [1.807, 2.05) is 19.1 Å². The molecule has 0 rings (SSSR count). The summed E-state index contributed by atoms with van der Waals surface area (Å²) in [6, 6.07) is 0. The Kier molecular flexibility index (Phi) is 15.0. The van der Waals surface area contributed by atoms with Crippen LogP contribution in [0.25, 0.3) is 0 Å². The van der Waals surface area contributed by atoms with Gasteiger partial charge in [-0.25, -0.2) is 9.59 Å². The third-order valence-corrected chi connectivity index (χ3v) is 3.26. The Labute approximate surface area is 157 Å². The molecule has 0 radical (unpaired) electrons. The smallest absolute Gasteiger partial charge is 0.331 e. The minimum atomic E-state index is -0.867. The van der Waals surface area contributed by atoms with Gasteiger partial charge < -0.3 is 14.6 Å². The van der Waals surface area contributed by atoms with Crippen molar-refractivity contribution in [3.8, 4) is 0 Å². The van der Waals surface area contributed by atoms with Crippen LogP contribution in [-0.4, -0.2) is 36.4 Å². The van der Waals surface area contributed by atoms with E-state index < -0.39 is 24.6 Å². The van der Waals surface area contributed by atoms with Crippen LogP contribution in [0.4, 0.5) is 0 Å². The van der Waals surface area contributed by atoms with E-state index in [-0.39, 0.29) is 6.61 Å². The second-order valence-electron chi connectivity index (χ2n) is 6.09. The van der Waals surface area contributed by atoms with E-state index in [1.54, 1.807) is 19.9 Å². The summed E-state index contributed by atoms with van der Waals surface area (Å²) in [5.74, 6) is -1.11. The number of hydrogen-bond donors (Lipinski definition) is 1. The lowest BCUT2D eigenvalue weighted by atomic mass is 10.1. The molecule has 5 heteroatoms. The van der Waals surface area contributed by atoms with Crippen LogP contribution in [0.5, 0.6) is 0 Å². The molecular formula is C21H32O5. The van der Waals surface area contributed by atoms with Gasteiger partial charge in [-0.2, -0.15) is 0 Å². The number of aliphatic hydroxyl groups is 1. The van der Waals surface area contributed by atoms with Crippen LogP contribution in [0.15, 0.2) is 48.1 Å². The Morgan fingerprint density at radius 1 is 1.00 bits per heavy atom. The average Bonchev–Trinajstić information content (AvgIpc) is 2.59. The zero-order valence-electron chi connectivity index (χ0n) is 16.1. The molecule has 0 aliphatic carbocycles. The van der Waals surface area contributed by atoms with Crippen LogP contribution in [0.1, 0.15) is 52.9 Å². The Balaban J connectivity index is 3.94. The van der Waals surface area contributed by atoms with Crippen molar-refractivity contribution in [1.29, 1.82) is 0 Å². The summed E-state index contributed by atoms with van der Waals surface area (Å²) in [6.45, 7) is 4.96. The first-order valence-corrected chi connectivity index (χ1v) is 9.07. The van der Waals surface area contributed by atoms with Crippen molar-refractivity contribution < 1.29 is 24.2 Å². The lowest BCUT2D eigenvalue weighted by Crippen LogP contribution is -2.27. The molecule has 0 fully saturated rings. The molecule has 0 heterocycles. The minimum absolute atomic E-state index is 0.183. The van der Waals surface area contributed by atoms with Crippen molar-refractivity contribution in [2.45, 2.75) is 59.0 Å². The van der Waals surface area contributed by atoms with Crippen molar-refractivity contribution in [1.82, 2.24) is 0 Å². The van der Waals surface area contributed by atoms with Gasteiger partial charge >= 0.3 is 11.9 Å². The fraction of sp³-hybridized carbons (Fsp3) is 0.524. The molecule has 0 aliphatic heterocycles. The standard InChI is InChI=1S/C21H32O5/c1-4-5-6-7-8-9-10-11-12-13-14-20(23)25-17-19(16-22)26-21(24)15-18(2)3/h4-5,11-15,19,22H,6-10,16-17H2,1-3H3/b5-4+,12-11+,14-13-. The van der Waals surface area contributed by atoms with Crippen LogP contribution >= 0.6 is 0 Å². The van der Waals surface area contributed by atoms with E-state index in [0.717, 1.165) is 24.8 Å². The predicted molar refractivity (Wildman–Crippen MR) is 104 cm³/mol. The minimum Gasteiger partial charge on any atom is -0.458 e. The summed E-state index contributed by atoms with van der Waals surface area (Å²) in [5.41, 5.74) is 0.788. The lowest BCUT2D eigenvalue weighted by molar-refractivity contribution is -0.155. The summed E-state index contributed by atoms with van der Waals surface area (Å²) < 4.78 is 9.94. The van der Waals surface area contributed by atoms with Crippen LogP contribution in [0, 0.1) is 0 Å². The van der Waals surface area contributed by atoms with Gasteiger partial charge in [-0.3, -0.25) is 0 Å². The quantitative estimate of drug-likeness (QED) is 0.176. The normalized spacial score (nSPS) is 12.6. The second kappa shape index (κ2) is 16.3. The number of unbranched alkanes of at least 4 members (excludes halogenated alkanes) is 4. The maximum absolute atomic E-state index is 11.6. The topological polar surface area (TPSA) is 72.8 Å². The highest BCUT2D eigenvalue weighted by atomic mass is 16.6. The van der Waals surface area contributed by atoms with Gasteiger partial charge in [-0.1, -0.05) is 42.4 Å². The number of aliphatic hydroxyl groups excluding tert-OH is 1.